The lowest BCUT2D eigenvalue weighted by molar-refractivity contribution is 0.0786. The van der Waals surface area contributed by atoms with Crippen LogP contribution in [0.4, 0.5) is 0 Å². The zero-order chi connectivity index (χ0) is 15.0. The van der Waals surface area contributed by atoms with Gasteiger partial charge in [0.25, 0.3) is 5.91 Å². The largest absolute Gasteiger partial charge is 0.396 e. The molecule has 1 N–H and O–H groups in total. The molecule has 1 amide bonds. The van der Waals surface area contributed by atoms with Crippen LogP contribution < -0.4 is 0 Å². The summed E-state index contributed by atoms with van der Waals surface area (Å²) >= 11 is 0. The first-order valence-corrected chi connectivity index (χ1v) is 7.32. The highest BCUT2D eigenvalue weighted by Crippen LogP contribution is 2.22. The number of amides is 1. The molecule has 1 unspecified atom stereocenters. The molecule has 2 aromatic rings. The van der Waals surface area contributed by atoms with Crippen molar-refractivity contribution in [2.75, 3.05) is 19.7 Å². The number of carbonyl (C=O) groups is 1. The van der Waals surface area contributed by atoms with Crippen molar-refractivity contribution in [3.63, 3.8) is 0 Å². The average molecular weight is 288 g/mol. The van der Waals surface area contributed by atoms with Crippen LogP contribution in [0.2, 0.25) is 0 Å². The molecule has 6 heteroatoms. The second-order valence-corrected chi connectivity index (χ2v) is 5.75. The summed E-state index contributed by atoms with van der Waals surface area (Å²) in [5.41, 5.74) is 3.04. The number of aliphatic hydroxyl groups is 1. The Balaban J connectivity index is 1.89. The topological polar surface area (TPSA) is 70.7 Å². The zero-order valence-electron chi connectivity index (χ0n) is 12.4. The second-order valence-electron chi connectivity index (χ2n) is 5.75. The number of likely N-dealkylation sites (tertiary alicyclic amines) is 1. The summed E-state index contributed by atoms with van der Waals surface area (Å²) in [5, 5.41) is 13.3. The molecule has 0 radical (unpaired) electrons. The van der Waals surface area contributed by atoms with E-state index >= 15 is 0 Å². The van der Waals surface area contributed by atoms with Crippen molar-refractivity contribution in [3.05, 3.63) is 29.2 Å². The van der Waals surface area contributed by atoms with Crippen molar-refractivity contribution in [1.29, 1.82) is 0 Å². The zero-order valence-corrected chi connectivity index (χ0v) is 12.4. The van der Waals surface area contributed by atoms with E-state index in [4.69, 9.17) is 5.11 Å². The number of rotatable bonds is 3. The van der Waals surface area contributed by atoms with Gasteiger partial charge in [-0.25, -0.2) is 9.50 Å². The van der Waals surface area contributed by atoms with Gasteiger partial charge in [-0.2, -0.15) is 5.10 Å². The van der Waals surface area contributed by atoms with Crippen molar-refractivity contribution in [1.82, 2.24) is 19.5 Å². The minimum atomic E-state index is -0.0112. The molecular weight excluding hydrogens is 268 g/mol. The summed E-state index contributed by atoms with van der Waals surface area (Å²) in [4.78, 5) is 19.0. The molecule has 1 atom stereocenters. The second kappa shape index (κ2) is 5.44. The number of aryl methyl sites for hydroxylation is 2. The molecule has 3 heterocycles. The van der Waals surface area contributed by atoms with Crippen LogP contribution in [0.3, 0.4) is 0 Å². The van der Waals surface area contributed by atoms with Gasteiger partial charge in [0.05, 0.1) is 6.20 Å². The number of carbonyl (C=O) groups excluding carboxylic acids is 1. The van der Waals surface area contributed by atoms with Crippen molar-refractivity contribution in [3.8, 4) is 0 Å². The molecule has 0 spiro atoms. The summed E-state index contributed by atoms with van der Waals surface area (Å²) in [6.07, 6.45) is 3.32. The maximum absolute atomic E-state index is 12.7. The van der Waals surface area contributed by atoms with Crippen LogP contribution >= 0.6 is 0 Å². The van der Waals surface area contributed by atoms with Gasteiger partial charge in [0.1, 0.15) is 5.56 Å². The molecule has 1 saturated heterocycles. The highest BCUT2D eigenvalue weighted by Gasteiger charge is 2.28. The van der Waals surface area contributed by atoms with E-state index in [0.717, 1.165) is 30.8 Å². The molecular formula is C15H20N4O2. The molecule has 0 aromatic carbocycles. The van der Waals surface area contributed by atoms with E-state index < -0.39 is 0 Å². The Morgan fingerprint density at radius 3 is 3.05 bits per heavy atom. The molecule has 1 aliphatic heterocycles. The SMILES string of the molecule is Cc1cc(C)n2ncc(C(=O)N3CCC(CCO)C3)c2n1. The molecule has 21 heavy (non-hydrogen) atoms. The molecule has 0 aliphatic carbocycles. The first-order valence-electron chi connectivity index (χ1n) is 7.32. The van der Waals surface area contributed by atoms with Gasteiger partial charge in [-0.1, -0.05) is 0 Å². The van der Waals surface area contributed by atoms with E-state index in [1.807, 2.05) is 24.8 Å². The Labute approximate surface area is 123 Å². The monoisotopic (exact) mass is 288 g/mol. The fourth-order valence-electron chi connectivity index (χ4n) is 3.03. The van der Waals surface area contributed by atoms with Gasteiger partial charge < -0.3 is 10.0 Å². The summed E-state index contributed by atoms with van der Waals surface area (Å²) in [6, 6.07) is 1.95. The van der Waals surface area contributed by atoms with Gasteiger partial charge in [0.15, 0.2) is 5.65 Å². The fraction of sp³-hybridized carbons (Fsp3) is 0.533. The standard InChI is InChI=1S/C15H20N4O2/c1-10-7-11(2)19-14(17-10)13(8-16-19)15(21)18-5-3-12(9-18)4-6-20/h7-8,12,20H,3-6,9H2,1-2H3. The average Bonchev–Trinajstić information content (AvgIpc) is 3.05. The summed E-state index contributed by atoms with van der Waals surface area (Å²) in [6.45, 7) is 5.51. The fourth-order valence-corrected chi connectivity index (χ4v) is 3.03. The van der Waals surface area contributed by atoms with Crippen molar-refractivity contribution < 1.29 is 9.90 Å². The lowest BCUT2D eigenvalue weighted by Crippen LogP contribution is -2.28. The van der Waals surface area contributed by atoms with Gasteiger partial charge in [-0.05, 0) is 38.7 Å². The van der Waals surface area contributed by atoms with Crippen molar-refractivity contribution >= 4 is 11.6 Å². The van der Waals surface area contributed by atoms with Gasteiger partial charge in [-0.15, -0.1) is 0 Å². The van der Waals surface area contributed by atoms with Crippen LogP contribution in [0.15, 0.2) is 12.3 Å². The van der Waals surface area contributed by atoms with E-state index in [1.54, 1.807) is 10.7 Å². The molecule has 1 aliphatic rings. The molecule has 1 fully saturated rings. The maximum Gasteiger partial charge on any atom is 0.259 e. The van der Waals surface area contributed by atoms with Crippen LogP contribution in [0.25, 0.3) is 5.65 Å². The van der Waals surface area contributed by atoms with Crippen LogP contribution in [0.5, 0.6) is 0 Å². The number of fused-ring (bicyclic) bond motifs is 1. The van der Waals surface area contributed by atoms with Gasteiger partial charge >= 0.3 is 0 Å². The number of nitrogens with zero attached hydrogens (tertiary/aromatic N) is 4. The lowest BCUT2D eigenvalue weighted by atomic mass is 10.1. The number of hydrogen-bond acceptors (Lipinski definition) is 4. The third-order valence-corrected chi connectivity index (χ3v) is 4.12. The van der Waals surface area contributed by atoms with Crippen LogP contribution in [-0.2, 0) is 0 Å². The smallest absolute Gasteiger partial charge is 0.259 e. The van der Waals surface area contributed by atoms with Gasteiger partial charge in [0, 0.05) is 31.1 Å². The molecule has 2 aromatic heterocycles. The van der Waals surface area contributed by atoms with Gasteiger partial charge in [-0.3, -0.25) is 4.79 Å². The number of aliphatic hydroxyl groups excluding tert-OH is 1. The maximum atomic E-state index is 12.7. The third kappa shape index (κ3) is 2.51. The van der Waals surface area contributed by atoms with E-state index in [-0.39, 0.29) is 12.5 Å². The van der Waals surface area contributed by atoms with Crippen molar-refractivity contribution in [2.45, 2.75) is 26.7 Å². The Bertz CT molecular complexity index is 680. The van der Waals surface area contributed by atoms with Crippen molar-refractivity contribution in [2.24, 2.45) is 5.92 Å². The molecule has 3 rings (SSSR count). The quantitative estimate of drug-likeness (QED) is 0.921. The minimum Gasteiger partial charge on any atom is -0.396 e. The summed E-state index contributed by atoms with van der Waals surface area (Å²) in [7, 11) is 0. The molecule has 0 saturated carbocycles. The summed E-state index contributed by atoms with van der Waals surface area (Å²) < 4.78 is 1.71. The van der Waals surface area contributed by atoms with Gasteiger partial charge in [0.2, 0.25) is 0 Å². The van der Waals surface area contributed by atoms with E-state index in [0.29, 0.717) is 23.7 Å². The molecule has 112 valence electrons. The lowest BCUT2D eigenvalue weighted by Gasteiger charge is -2.15. The molecule has 0 bridgehead atoms. The predicted molar refractivity (Wildman–Crippen MR) is 78.2 cm³/mol. The number of aromatic nitrogens is 3. The summed E-state index contributed by atoms with van der Waals surface area (Å²) in [5.74, 6) is 0.389. The predicted octanol–water partition coefficient (Wildman–Crippen LogP) is 1.19. The highest BCUT2D eigenvalue weighted by atomic mass is 16.3. The third-order valence-electron chi connectivity index (χ3n) is 4.12. The minimum absolute atomic E-state index is 0.0112. The van der Waals surface area contributed by atoms with E-state index in [2.05, 4.69) is 10.1 Å². The van der Waals surface area contributed by atoms with Crippen LogP contribution in [-0.4, -0.2) is 50.2 Å². The Kier molecular flexibility index (Phi) is 3.63. The van der Waals surface area contributed by atoms with Crippen LogP contribution in [0.1, 0.15) is 34.6 Å². The Morgan fingerprint density at radius 1 is 1.48 bits per heavy atom. The normalized spacial score (nSPS) is 18.6. The molecule has 6 nitrogen and oxygen atoms in total. The number of hydrogen-bond donors (Lipinski definition) is 1. The first kappa shape index (κ1) is 14.0. The van der Waals surface area contributed by atoms with Crippen LogP contribution in [0, 0.1) is 19.8 Å². The van der Waals surface area contributed by atoms with E-state index in [1.165, 1.54) is 0 Å². The first-order chi connectivity index (χ1) is 10.1. The Morgan fingerprint density at radius 2 is 2.29 bits per heavy atom. The van der Waals surface area contributed by atoms with E-state index in [9.17, 15) is 4.79 Å². The highest BCUT2D eigenvalue weighted by molar-refractivity contribution is 5.99. The Hall–Kier alpha value is -1.95.